The van der Waals surface area contributed by atoms with Gasteiger partial charge in [0, 0.05) is 6.07 Å². The van der Waals surface area contributed by atoms with Crippen LogP contribution in [0.2, 0.25) is 0 Å². The van der Waals surface area contributed by atoms with Crippen LogP contribution in [-0.4, -0.2) is 39.9 Å². The number of furan rings is 1. The highest BCUT2D eigenvalue weighted by atomic mass is 79.9. The Kier molecular flexibility index (Phi) is 5.37. The Labute approximate surface area is 170 Å². The van der Waals surface area contributed by atoms with Crippen LogP contribution in [0.15, 0.2) is 38.9 Å². The molecule has 0 atom stereocenters. The molecule has 1 aromatic heterocycles. The molecule has 150 valence electrons. The average molecular weight is 466 g/mol. The molecule has 2 N–H and O–H groups in total. The molecule has 0 aliphatic carbocycles. The highest BCUT2D eigenvalue weighted by molar-refractivity contribution is 9.10. The van der Waals surface area contributed by atoms with Crippen molar-refractivity contribution in [1.29, 1.82) is 0 Å². The number of hydrogen-bond donors (Lipinski definition) is 2. The molecule has 11 nitrogen and oxygen atoms in total. The summed E-state index contributed by atoms with van der Waals surface area (Å²) < 4.78 is 9.81. The van der Waals surface area contributed by atoms with Crippen molar-refractivity contribution in [2.45, 2.75) is 6.54 Å². The summed E-state index contributed by atoms with van der Waals surface area (Å²) in [5.74, 6) is -1.85. The number of methoxy groups -OCH3 is 1. The molecule has 3 amide bonds. The fourth-order valence-corrected chi connectivity index (χ4v) is 3.01. The number of carbonyl (C=O) groups excluding carboxylic acids is 3. The van der Waals surface area contributed by atoms with Gasteiger partial charge in [-0.1, -0.05) is 0 Å². The smallest absolute Gasteiger partial charge is 0.373 e. The Morgan fingerprint density at radius 2 is 2.14 bits per heavy atom. The summed E-state index contributed by atoms with van der Waals surface area (Å²) in [5, 5.41) is 23.1. The van der Waals surface area contributed by atoms with Crippen molar-refractivity contribution in [1.82, 2.24) is 10.2 Å². The van der Waals surface area contributed by atoms with E-state index in [2.05, 4.69) is 26.0 Å². The van der Waals surface area contributed by atoms with E-state index in [0.29, 0.717) is 0 Å². The molecule has 1 aromatic carbocycles. The summed E-state index contributed by atoms with van der Waals surface area (Å²) in [6.07, 6.45) is 1.24. The standard InChI is InChI=1S/C17H12BrN3O8/c1-28-16(24)13-3-2-9(29-13)7-20-15(23)11(19-17(20)25)5-8-4-10(18)14(22)12(6-8)21(26)27/h2-6,22H,7H2,1H3,(H,19,25). The van der Waals surface area contributed by atoms with Crippen molar-refractivity contribution in [2.75, 3.05) is 7.11 Å². The number of halogens is 1. The van der Waals surface area contributed by atoms with Crippen molar-refractivity contribution < 1.29 is 33.6 Å². The Bertz CT molecular complexity index is 1070. The molecule has 2 aromatic rings. The summed E-state index contributed by atoms with van der Waals surface area (Å²) in [6, 6.07) is 4.46. The molecular formula is C17H12BrN3O8. The molecule has 29 heavy (non-hydrogen) atoms. The minimum absolute atomic E-state index is 0.0538. The number of imide groups is 1. The van der Waals surface area contributed by atoms with Gasteiger partial charge in [0.25, 0.3) is 5.91 Å². The zero-order valence-electron chi connectivity index (χ0n) is 14.7. The van der Waals surface area contributed by atoms with Crippen LogP contribution in [0, 0.1) is 10.1 Å². The van der Waals surface area contributed by atoms with Gasteiger partial charge in [-0.15, -0.1) is 0 Å². The number of phenolic OH excluding ortho intramolecular Hbond substituents is 1. The van der Waals surface area contributed by atoms with Gasteiger partial charge in [0.1, 0.15) is 11.5 Å². The number of urea groups is 1. The predicted octanol–water partition coefficient (Wildman–Crippen LogP) is 2.54. The number of nitro groups is 1. The first-order valence-electron chi connectivity index (χ1n) is 7.89. The monoisotopic (exact) mass is 465 g/mol. The molecule has 0 saturated carbocycles. The number of amides is 3. The number of ether oxygens (including phenoxy) is 1. The molecule has 0 spiro atoms. The number of nitro benzene ring substituents is 1. The molecule has 0 unspecified atom stereocenters. The Hall–Kier alpha value is -3.67. The van der Waals surface area contributed by atoms with Crippen LogP contribution in [0.3, 0.4) is 0 Å². The van der Waals surface area contributed by atoms with Crippen LogP contribution in [0.5, 0.6) is 5.75 Å². The maximum atomic E-state index is 12.5. The molecule has 1 saturated heterocycles. The third-order valence-electron chi connectivity index (χ3n) is 3.90. The third kappa shape index (κ3) is 3.96. The quantitative estimate of drug-likeness (QED) is 0.224. The summed E-state index contributed by atoms with van der Waals surface area (Å²) in [6.45, 7) is -0.238. The van der Waals surface area contributed by atoms with Crippen LogP contribution in [0.1, 0.15) is 21.9 Å². The maximum absolute atomic E-state index is 12.5. The van der Waals surface area contributed by atoms with E-state index in [1.54, 1.807) is 0 Å². The van der Waals surface area contributed by atoms with E-state index < -0.39 is 34.3 Å². The first-order chi connectivity index (χ1) is 13.7. The van der Waals surface area contributed by atoms with Crippen molar-refractivity contribution in [3.8, 4) is 5.75 Å². The molecule has 2 heterocycles. The van der Waals surface area contributed by atoms with Crippen molar-refractivity contribution in [3.63, 3.8) is 0 Å². The number of phenols is 1. The number of carbonyl (C=O) groups is 3. The topological polar surface area (TPSA) is 152 Å². The first-order valence-corrected chi connectivity index (χ1v) is 8.69. The zero-order chi connectivity index (χ0) is 21.3. The summed E-state index contributed by atoms with van der Waals surface area (Å²) in [5.41, 5.74) is -0.481. The summed E-state index contributed by atoms with van der Waals surface area (Å²) in [4.78, 5) is 47.2. The number of hydrogen-bond acceptors (Lipinski definition) is 8. The van der Waals surface area contributed by atoms with Crippen LogP contribution < -0.4 is 5.32 Å². The second-order valence-electron chi connectivity index (χ2n) is 5.76. The van der Waals surface area contributed by atoms with E-state index in [-0.39, 0.29) is 33.8 Å². The number of esters is 1. The number of benzene rings is 1. The van der Waals surface area contributed by atoms with Crippen molar-refractivity contribution in [3.05, 3.63) is 61.6 Å². The van der Waals surface area contributed by atoms with Gasteiger partial charge in [0.05, 0.1) is 23.1 Å². The van der Waals surface area contributed by atoms with Gasteiger partial charge in [0.15, 0.2) is 0 Å². The second-order valence-corrected chi connectivity index (χ2v) is 6.62. The number of nitrogens with one attached hydrogen (secondary N) is 1. The van der Waals surface area contributed by atoms with Crippen molar-refractivity contribution >= 4 is 45.6 Å². The molecule has 1 aliphatic rings. The molecule has 1 fully saturated rings. The number of aromatic hydroxyl groups is 1. The highest BCUT2D eigenvalue weighted by Crippen LogP contribution is 2.35. The normalized spacial score (nSPS) is 15.0. The number of rotatable bonds is 5. The summed E-state index contributed by atoms with van der Waals surface area (Å²) >= 11 is 3.00. The van der Waals surface area contributed by atoms with E-state index in [9.17, 15) is 29.6 Å². The molecule has 0 radical (unpaired) electrons. The van der Waals surface area contributed by atoms with Gasteiger partial charge >= 0.3 is 17.7 Å². The number of nitrogens with zero attached hydrogens (tertiary/aromatic N) is 2. The van der Waals surface area contributed by atoms with Gasteiger partial charge in [-0.05, 0) is 45.8 Å². The highest BCUT2D eigenvalue weighted by Gasteiger charge is 2.34. The van der Waals surface area contributed by atoms with Crippen LogP contribution in [0.4, 0.5) is 10.5 Å². The molecular weight excluding hydrogens is 454 g/mol. The van der Waals surface area contributed by atoms with E-state index in [1.807, 2.05) is 0 Å². The van der Waals surface area contributed by atoms with E-state index in [1.165, 1.54) is 31.4 Å². The van der Waals surface area contributed by atoms with E-state index in [4.69, 9.17) is 4.42 Å². The average Bonchev–Trinajstić information content (AvgIpc) is 3.24. The first kappa shape index (κ1) is 20.1. The Morgan fingerprint density at radius 3 is 2.79 bits per heavy atom. The van der Waals surface area contributed by atoms with E-state index >= 15 is 0 Å². The third-order valence-corrected chi connectivity index (χ3v) is 4.50. The van der Waals surface area contributed by atoms with Gasteiger partial charge in [-0.25, -0.2) is 9.59 Å². The lowest BCUT2D eigenvalue weighted by Crippen LogP contribution is -2.30. The van der Waals surface area contributed by atoms with E-state index in [0.717, 1.165) is 11.0 Å². The largest absolute Gasteiger partial charge is 0.501 e. The van der Waals surface area contributed by atoms with Gasteiger partial charge < -0.3 is 19.6 Å². The van der Waals surface area contributed by atoms with Crippen LogP contribution in [-0.2, 0) is 16.1 Å². The lowest BCUT2D eigenvalue weighted by molar-refractivity contribution is -0.386. The van der Waals surface area contributed by atoms with Crippen LogP contribution >= 0.6 is 15.9 Å². The molecule has 0 bridgehead atoms. The Balaban J connectivity index is 1.84. The minimum atomic E-state index is -0.779. The second kappa shape index (κ2) is 7.75. The zero-order valence-corrected chi connectivity index (χ0v) is 16.3. The molecule has 1 aliphatic heterocycles. The molecule has 3 rings (SSSR count). The Morgan fingerprint density at radius 1 is 1.41 bits per heavy atom. The summed E-state index contributed by atoms with van der Waals surface area (Å²) in [7, 11) is 1.19. The van der Waals surface area contributed by atoms with Gasteiger partial charge in [-0.3, -0.25) is 19.8 Å². The fraction of sp³-hybridized carbons (Fsp3) is 0.118. The van der Waals surface area contributed by atoms with Gasteiger partial charge in [0.2, 0.25) is 11.5 Å². The van der Waals surface area contributed by atoms with Gasteiger partial charge in [-0.2, -0.15) is 0 Å². The lowest BCUT2D eigenvalue weighted by atomic mass is 10.1. The van der Waals surface area contributed by atoms with Crippen LogP contribution in [0.25, 0.3) is 6.08 Å². The predicted molar refractivity (Wildman–Crippen MR) is 99.6 cm³/mol. The lowest BCUT2D eigenvalue weighted by Gasteiger charge is -2.09. The minimum Gasteiger partial charge on any atom is -0.501 e. The fourth-order valence-electron chi connectivity index (χ4n) is 2.54. The molecule has 12 heteroatoms. The maximum Gasteiger partial charge on any atom is 0.373 e. The van der Waals surface area contributed by atoms with Crippen molar-refractivity contribution in [2.24, 2.45) is 0 Å². The SMILES string of the molecule is COC(=O)c1ccc(CN2C(=O)NC(=Cc3cc(Br)c(O)c([N+](=O)[O-])c3)C2=O)o1.